The average Bonchev–Trinajstić information content (AvgIpc) is 2.76. The summed E-state index contributed by atoms with van der Waals surface area (Å²) in [7, 11) is 0.146. The molecule has 0 N–H and O–H groups in total. The van der Waals surface area contributed by atoms with Gasteiger partial charge >= 0.3 is 0 Å². The summed E-state index contributed by atoms with van der Waals surface area (Å²) in [6.45, 7) is 0. The van der Waals surface area contributed by atoms with Gasteiger partial charge in [0, 0.05) is 5.66 Å². The minimum Gasteiger partial charge on any atom is -0.147 e. The van der Waals surface area contributed by atoms with E-state index in [1.807, 2.05) is 0 Å². The normalized spacial score (nSPS) is 23.6. The molecule has 0 aromatic heterocycles. The Labute approximate surface area is 192 Å². The quantitative estimate of drug-likeness (QED) is 0.315. The van der Waals surface area contributed by atoms with E-state index in [4.69, 9.17) is 0 Å². The predicted octanol–water partition coefficient (Wildman–Crippen LogP) is 9.16. The fourth-order valence-electron chi connectivity index (χ4n) is 5.78. The molecule has 1 unspecified atom stereocenters. The van der Waals surface area contributed by atoms with Crippen LogP contribution in [0.2, 0.25) is 0 Å². The first kappa shape index (κ1) is 25.0. The standard InChI is InChI=1S/C26H37P.2ClH/c1-4-12-22(13-5-1)20-21-23-14-10-11-19-26(23)27(24-15-6-2-7-16-24)25-17-8-3-9-18-25;;/h1,4-5,12-13,20,24-26H,2-3,6-11,14-19H2;2*1H. The van der Waals surface area contributed by atoms with Crippen molar-refractivity contribution in [2.75, 3.05) is 0 Å². The lowest BCUT2D eigenvalue weighted by molar-refractivity contribution is 0.476. The third-order valence-corrected chi connectivity index (χ3v) is 11.2. The monoisotopic (exact) mass is 452 g/mol. The maximum atomic E-state index is 3.85. The molecule has 3 aliphatic rings. The van der Waals surface area contributed by atoms with Crippen molar-refractivity contribution in [3.8, 4) is 0 Å². The topological polar surface area (TPSA) is 0 Å². The smallest absolute Gasteiger partial charge is 0.00815 e. The largest absolute Gasteiger partial charge is 0.147 e. The molecule has 0 spiro atoms. The van der Waals surface area contributed by atoms with Crippen LogP contribution in [0.1, 0.15) is 95.5 Å². The number of halogens is 2. The molecule has 0 nitrogen and oxygen atoms in total. The van der Waals surface area contributed by atoms with Gasteiger partial charge in [0.05, 0.1) is 0 Å². The molecule has 4 rings (SSSR count). The lowest BCUT2D eigenvalue weighted by atomic mass is 9.94. The van der Waals surface area contributed by atoms with Crippen molar-refractivity contribution >= 4 is 38.8 Å². The Morgan fingerprint density at radius 3 is 1.83 bits per heavy atom. The average molecular weight is 453 g/mol. The molecule has 0 radical (unpaired) electrons. The van der Waals surface area contributed by atoms with Gasteiger partial charge in [-0.2, -0.15) is 0 Å². The van der Waals surface area contributed by atoms with E-state index in [0.717, 1.165) is 17.0 Å². The third kappa shape index (κ3) is 6.87. The summed E-state index contributed by atoms with van der Waals surface area (Å²) >= 11 is 0. The molecular formula is C26H39Cl2P. The van der Waals surface area contributed by atoms with E-state index >= 15 is 0 Å². The summed E-state index contributed by atoms with van der Waals surface area (Å²) < 4.78 is 0. The molecule has 0 bridgehead atoms. The van der Waals surface area contributed by atoms with Gasteiger partial charge in [0.25, 0.3) is 0 Å². The van der Waals surface area contributed by atoms with E-state index in [9.17, 15) is 0 Å². The number of hydrogen-bond acceptors (Lipinski definition) is 0. The Hall–Kier alpha value is -0.250. The van der Waals surface area contributed by atoms with Crippen LogP contribution in [0.5, 0.6) is 0 Å². The van der Waals surface area contributed by atoms with Crippen molar-refractivity contribution < 1.29 is 0 Å². The van der Waals surface area contributed by atoms with Gasteiger partial charge in [0.15, 0.2) is 0 Å². The van der Waals surface area contributed by atoms with Crippen LogP contribution < -0.4 is 0 Å². The van der Waals surface area contributed by atoms with Crippen molar-refractivity contribution in [1.29, 1.82) is 0 Å². The van der Waals surface area contributed by atoms with Gasteiger partial charge in [-0.15, -0.1) is 30.5 Å². The van der Waals surface area contributed by atoms with Gasteiger partial charge in [-0.25, -0.2) is 0 Å². The van der Waals surface area contributed by atoms with Crippen LogP contribution >= 0.6 is 32.7 Å². The van der Waals surface area contributed by atoms with Crippen molar-refractivity contribution in [3.63, 3.8) is 0 Å². The molecular weight excluding hydrogens is 414 g/mol. The summed E-state index contributed by atoms with van der Waals surface area (Å²) in [6, 6.07) is 10.8. The molecule has 1 atom stereocenters. The zero-order valence-electron chi connectivity index (χ0n) is 17.9. The van der Waals surface area contributed by atoms with Crippen LogP contribution in [0.25, 0.3) is 6.08 Å². The van der Waals surface area contributed by atoms with E-state index in [2.05, 4.69) is 42.1 Å². The van der Waals surface area contributed by atoms with E-state index in [-0.39, 0.29) is 32.7 Å². The maximum absolute atomic E-state index is 3.85. The Balaban J connectivity index is 0.00000150. The first-order valence-corrected chi connectivity index (χ1v) is 13.2. The summed E-state index contributed by atoms with van der Waals surface area (Å²) in [4.78, 5) is 0. The van der Waals surface area contributed by atoms with Crippen molar-refractivity contribution in [1.82, 2.24) is 0 Å². The molecule has 3 aliphatic carbocycles. The SMILES string of the molecule is C(=Cc1ccccc1)=C1CCCCC1P(C1CCCCC1)C1CCCCC1.Cl.Cl. The van der Waals surface area contributed by atoms with Gasteiger partial charge in [0.2, 0.25) is 0 Å². The minimum atomic E-state index is 0. The molecule has 0 aliphatic heterocycles. The zero-order chi connectivity index (χ0) is 18.3. The lowest BCUT2D eigenvalue weighted by Crippen LogP contribution is -2.29. The molecule has 162 valence electrons. The molecule has 3 fully saturated rings. The number of allylic oxidation sites excluding steroid dienone is 1. The first-order chi connectivity index (χ1) is 13.4. The van der Waals surface area contributed by atoms with Gasteiger partial charge in [-0.1, -0.05) is 83.2 Å². The van der Waals surface area contributed by atoms with Crippen molar-refractivity contribution in [2.45, 2.75) is 107 Å². The highest BCUT2D eigenvalue weighted by Gasteiger charge is 2.38. The maximum Gasteiger partial charge on any atom is 0.00815 e. The second-order valence-corrected chi connectivity index (χ2v) is 12.0. The van der Waals surface area contributed by atoms with Gasteiger partial charge in [-0.3, -0.25) is 0 Å². The summed E-state index contributed by atoms with van der Waals surface area (Å²) in [5.74, 6) is 0. The molecule has 3 saturated carbocycles. The van der Waals surface area contributed by atoms with Crippen LogP contribution in [0, 0.1) is 0 Å². The molecule has 1 aromatic rings. The van der Waals surface area contributed by atoms with E-state index in [1.165, 1.54) is 95.5 Å². The highest BCUT2D eigenvalue weighted by atomic mass is 35.5. The molecule has 29 heavy (non-hydrogen) atoms. The predicted molar refractivity (Wildman–Crippen MR) is 135 cm³/mol. The Morgan fingerprint density at radius 2 is 1.24 bits per heavy atom. The van der Waals surface area contributed by atoms with E-state index < -0.39 is 0 Å². The molecule has 0 saturated heterocycles. The molecule has 0 heterocycles. The Bertz CT molecular complexity index is 620. The second-order valence-electron chi connectivity index (χ2n) is 9.02. The van der Waals surface area contributed by atoms with Gasteiger partial charge in [-0.05, 0) is 73.5 Å². The number of benzene rings is 1. The number of hydrogen-bond donors (Lipinski definition) is 0. The minimum absolute atomic E-state index is 0. The lowest BCUT2D eigenvalue weighted by Gasteiger charge is -2.45. The fourth-order valence-corrected chi connectivity index (χ4v) is 10.4. The van der Waals surface area contributed by atoms with Crippen LogP contribution in [0.4, 0.5) is 0 Å². The van der Waals surface area contributed by atoms with E-state index in [0.29, 0.717) is 0 Å². The Morgan fingerprint density at radius 1 is 0.690 bits per heavy atom. The van der Waals surface area contributed by atoms with Crippen LogP contribution in [-0.2, 0) is 0 Å². The van der Waals surface area contributed by atoms with E-state index in [1.54, 1.807) is 5.57 Å². The van der Waals surface area contributed by atoms with Gasteiger partial charge in [0.1, 0.15) is 0 Å². The number of rotatable bonds is 4. The van der Waals surface area contributed by atoms with Crippen molar-refractivity contribution in [2.24, 2.45) is 0 Å². The second kappa shape index (κ2) is 13.2. The Kier molecular flexibility index (Phi) is 11.4. The zero-order valence-corrected chi connectivity index (χ0v) is 20.4. The summed E-state index contributed by atoms with van der Waals surface area (Å²) in [5, 5.41) is 0. The first-order valence-electron chi connectivity index (χ1n) is 11.7. The van der Waals surface area contributed by atoms with Crippen molar-refractivity contribution in [3.05, 3.63) is 47.2 Å². The summed E-state index contributed by atoms with van der Waals surface area (Å²) in [5.41, 5.74) is 9.89. The van der Waals surface area contributed by atoms with Crippen LogP contribution in [0.15, 0.2) is 41.6 Å². The highest BCUT2D eigenvalue weighted by molar-refractivity contribution is 7.60. The van der Waals surface area contributed by atoms with Crippen LogP contribution in [0.3, 0.4) is 0 Å². The fraction of sp³-hybridized carbons (Fsp3) is 0.654. The third-order valence-electron chi connectivity index (χ3n) is 7.15. The highest BCUT2D eigenvalue weighted by Crippen LogP contribution is 2.62. The van der Waals surface area contributed by atoms with Gasteiger partial charge < -0.3 is 0 Å². The molecule has 0 amide bonds. The molecule has 3 heteroatoms. The molecule has 1 aromatic carbocycles. The summed E-state index contributed by atoms with van der Waals surface area (Å²) in [6.07, 6.45) is 23.0. The van der Waals surface area contributed by atoms with Crippen LogP contribution in [-0.4, -0.2) is 17.0 Å².